The zero-order valence-corrected chi connectivity index (χ0v) is 87.1. The monoisotopic (exact) mass is 2100 g/mol. The molecule has 16 aromatic rings. The Labute approximate surface area is 856 Å². The number of aryl methyl sites for hydroxylation is 10. The highest BCUT2D eigenvalue weighted by molar-refractivity contribution is 7.78. The van der Waals surface area contributed by atoms with Crippen molar-refractivity contribution in [2.24, 2.45) is 4.99 Å². The number of phosphoric ester groups is 4. The van der Waals surface area contributed by atoms with Crippen molar-refractivity contribution in [3.8, 4) is 35.3 Å². The molecular weight excluding hydrogens is 1990 g/mol. The number of pyridine rings is 4. The average Bonchev–Trinajstić information content (AvgIpc) is 1.61. The molecule has 8 aromatic heterocycles. The van der Waals surface area contributed by atoms with Crippen LogP contribution in [0.5, 0.6) is 23.0 Å². The van der Waals surface area contributed by atoms with Crippen molar-refractivity contribution < 1.29 is 94.7 Å². The fourth-order valence-corrected chi connectivity index (χ4v) is 20.4. The van der Waals surface area contributed by atoms with Crippen molar-refractivity contribution in [1.29, 1.82) is 0 Å². The van der Waals surface area contributed by atoms with Gasteiger partial charge in [0.05, 0.1) is 62.4 Å². The first-order chi connectivity index (χ1) is 70.5. The van der Waals surface area contributed by atoms with Gasteiger partial charge in [0.15, 0.2) is 29.1 Å². The van der Waals surface area contributed by atoms with Crippen LogP contribution < -0.4 is 41.0 Å². The molecule has 1 aliphatic rings. The van der Waals surface area contributed by atoms with Crippen molar-refractivity contribution in [2.45, 2.75) is 197 Å². The molecule has 0 fully saturated rings. The second-order valence-corrected chi connectivity index (χ2v) is 40.7. The summed E-state index contributed by atoms with van der Waals surface area (Å²) in [6.45, 7) is 20.4. The first kappa shape index (κ1) is 109. The second kappa shape index (κ2) is 47.2. The Morgan fingerprint density at radius 3 is 0.953 bits per heavy atom. The lowest BCUT2D eigenvalue weighted by atomic mass is 10.00. The predicted molar refractivity (Wildman–Crippen MR) is 573 cm³/mol. The van der Waals surface area contributed by atoms with E-state index in [1.165, 1.54) is 6.08 Å². The SMILES string of the molecule is C#CC(=O)CCc1cc(Cn2c(CCCC)nc3c(N)nc4ccccc4c32)cc(C)c1OP(=O)(O)O.C=CC(=O)CCc1cc(Cn2c(CCCC)nc3c(N)nc4ccccc4c32)cc(C)c1OP(=O)(O)O.CCCCc1nc2c(N)nc3ccccc3c2n1Cc1cc(C)c(OP(=O)(O)O)c(CN2C(=O)C=CC2=O)c1.CCCCc1nc2c(N)nc3ccccc3c2n1Cc1cc(C)c(OP(=O)(O)O)c(CN=C=S)c1. The molecule has 0 spiro atoms. The number of nitrogens with zero attached hydrogens (tertiary/aromatic N) is 14. The van der Waals surface area contributed by atoms with E-state index < -0.39 is 48.9 Å². The molecule has 0 atom stereocenters. The molecular formula is C105H114N18O20P4S. The highest BCUT2D eigenvalue weighted by Gasteiger charge is 2.33. The van der Waals surface area contributed by atoms with Crippen LogP contribution in [0.1, 0.15) is 182 Å². The third kappa shape index (κ3) is 26.2. The van der Waals surface area contributed by atoms with Gasteiger partial charge in [0, 0.05) is 110 Å². The number of allylic oxidation sites excluding steroid dienone is 1. The lowest BCUT2D eigenvalue weighted by Crippen LogP contribution is -2.29. The molecule has 8 aromatic carbocycles. The van der Waals surface area contributed by atoms with Crippen molar-refractivity contribution in [2.75, 3.05) is 22.9 Å². The van der Waals surface area contributed by atoms with E-state index in [0.717, 1.165) is 199 Å². The number of hydrogen-bond donors (Lipinski definition) is 12. The molecule has 770 valence electrons. The van der Waals surface area contributed by atoms with E-state index in [1.807, 2.05) is 127 Å². The molecule has 0 saturated carbocycles. The summed E-state index contributed by atoms with van der Waals surface area (Å²) in [4.78, 5) is 166. The van der Waals surface area contributed by atoms with Gasteiger partial charge < -0.3 is 59.3 Å². The van der Waals surface area contributed by atoms with E-state index in [9.17, 15) is 76.6 Å². The molecule has 9 heterocycles. The number of ketones is 2. The average molecular weight is 2100 g/mol. The third-order valence-electron chi connectivity index (χ3n) is 24.8. The van der Waals surface area contributed by atoms with Crippen molar-refractivity contribution >= 4 is 183 Å². The topological polar surface area (TPSA) is 578 Å². The number of hydrogen-bond acceptors (Lipinski definition) is 26. The minimum Gasteiger partial charge on any atom is -0.404 e. The number of nitrogen functional groups attached to an aromatic ring is 4. The normalized spacial score (nSPS) is 12.2. The van der Waals surface area contributed by atoms with Gasteiger partial charge in [-0.2, -0.15) is 0 Å². The van der Waals surface area contributed by atoms with Gasteiger partial charge >= 0.3 is 31.3 Å². The number of nitrogens with two attached hydrogens (primary N) is 4. The summed E-state index contributed by atoms with van der Waals surface area (Å²) in [5.74, 6) is 5.60. The molecule has 0 saturated heterocycles. The number of para-hydroxylation sites is 4. The lowest BCUT2D eigenvalue weighted by Gasteiger charge is -2.20. The minimum absolute atomic E-state index is 0.0273. The molecule has 148 heavy (non-hydrogen) atoms. The molecule has 17 rings (SSSR count). The number of carbonyl (C=O) groups excluding carboxylic acids is 4. The van der Waals surface area contributed by atoms with Gasteiger partial charge in [0.25, 0.3) is 11.8 Å². The molecule has 43 heteroatoms. The standard InChI is InChI=1S/C27H28N5O6P.C27H31N4O5P.C27H29N4O5P.C24H26N5O4PS/c1-3-4-9-21-30-24-25(19-7-5-6-8-20(19)29-27(24)28)31(21)14-17-12-16(2)26(38-39(35,36)37)18(13-17)15-32-22(33)10-11-23(32)34;2*1-4-6-11-23-30-24-25(21-9-7-8-10-22(21)29-27(24)28)31(23)16-18-14-17(3)26(36-37(33,34)35)19(15-18)12-13-20(32)5-2;1-3-4-9-20-28-21-22(18-7-5-6-8-19(18)27-24(21)25)29(20)13-16-10-15(2)23(33-34(30,31)32)17(11-16)12-26-14-35/h5-8,10-13H,3-4,9,14-15H2,1-2H3,(H2,28,29)(H2,35,36,37);5,7-10,14-15H,2,4,6,11-13,16H2,1,3H3,(H2,28,29)(H2,33,34,35);2,7-10,14-15H,4,6,11-13,16H2,1,3H3,(H2,28,29)(H2,33,34,35);5-8,10-11H,3-4,9,12-13H2,1-2H3,(H2,25,27)(H2,30,31,32). The van der Waals surface area contributed by atoms with E-state index in [-0.39, 0.29) is 67.6 Å². The van der Waals surface area contributed by atoms with Gasteiger partial charge in [-0.3, -0.25) is 63.2 Å². The Hall–Kier alpha value is -14.4. The molecule has 0 aliphatic carbocycles. The molecule has 0 unspecified atom stereocenters. The van der Waals surface area contributed by atoms with Crippen molar-refractivity contribution in [3.63, 3.8) is 0 Å². The number of benzene rings is 8. The Kier molecular flexibility index (Phi) is 34.9. The molecule has 1 aliphatic heterocycles. The maximum Gasteiger partial charge on any atom is 0.524 e. The Morgan fingerprint density at radius 1 is 0.405 bits per heavy atom. The fraction of sp³-hybridized carbons (Fsp3) is 0.286. The smallest absolute Gasteiger partial charge is 0.404 e. The van der Waals surface area contributed by atoms with Gasteiger partial charge in [-0.05, 0) is 182 Å². The molecule has 16 N–H and O–H groups in total. The number of unbranched alkanes of at least 4 members (excludes halogenated alkanes) is 4. The van der Waals surface area contributed by atoms with Crippen LogP contribution in [0.2, 0.25) is 0 Å². The summed E-state index contributed by atoms with van der Waals surface area (Å²) in [6, 6.07) is 45.4. The number of Topliss-reactive ketones (excluding diaryl/α,β-unsaturated/α-hetero) is 1. The van der Waals surface area contributed by atoms with Crippen LogP contribution in [-0.4, -0.2) is 131 Å². The summed E-state index contributed by atoms with van der Waals surface area (Å²) in [5, 5.41) is 6.02. The molecule has 0 bridgehead atoms. The first-order valence-corrected chi connectivity index (χ1v) is 54.4. The van der Waals surface area contributed by atoms with Gasteiger partial charge in [0.2, 0.25) is 5.78 Å². The lowest BCUT2D eigenvalue weighted by molar-refractivity contribution is -0.137. The zero-order chi connectivity index (χ0) is 107. The minimum atomic E-state index is -4.91. The third-order valence-corrected chi connectivity index (χ3v) is 26.6. The fourth-order valence-electron chi connectivity index (χ4n) is 18.4. The number of imide groups is 1. The predicted octanol–water partition coefficient (Wildman–Crippen LogP) is 18.2. The second-order valence-electron chi connectivity index (χ2n) is 35.9. The van der Waals surface area contributed by atoms with Crippen LogP contribution in [0, 0.1) is 40.0 Å². The number of thiocarbonyl (C=S) groups is 1. The van der Waals surface area contributed by atoms with Crippen LogP contribution in [0.4, 0.5) is 23.3 Å². The van der Waals surface area contributed by atoms with Crippen LogP contribution in [-0.2, 0) is 115 Å². The first-order valence-electron chi connectivity index (χ1n) is 47.8. The van der Waals surface area contributed by atoms with Gasteiger partial charge in [-0.25, -0.2) is 63.1 Å². The summed E-state index contributed by atoms with van der Waals surface area (Å²) in [7, 11) is -19.3. The Morgan fingerprint density at radius 2 is 0.676 bits per heavy atom. The number of amides is 2. The van der Waals surface area contributed by atoms with Crippen LogP contribution in [0.15, 0.2) is 175 Å². The summed E-state index contributed by atoms with van der Waals surface area (Å²) in [5.41, 5.74) is 41.8. The number of terminal acetylenes is 1. The number of isothiocyanates is 1. The number of phosphoric acid groups is 4. The number of rotatable bonds is 39. The van der Waals surface area contributed by atoms with E-state index in [2.05, 4.69) is 101 Å². The molecule has 0 radical (unpaired) electrons. The van der Waals surface area contributed by atoms with Crippen LogP contribution in [0.3, 0.4) is 0 Å². The largest absolute Gasteiger partial charge is 0.524 e. The van der Waals surface area contributed by atoms with Gasteiger partial charge in [-0.1, -0.05) is 169 Å². The van der Waals surface area contributed by atoms with Gasteiger partial charge in [-0.15, -0.1) is 6.42 Å². The number of aliphatic imine (C=N–C) groups is 1. The van der Waals surface area contributed by atoms with E-state index in [0.29, 0.717) is 122 Å². The summed E-state index contributed by atoms with van der Waals surface area (Å²) >= 11 is 4.69. The molecule has 38 nitrogen and oxygen atoms in total. The Bertz CT molecular complexity index is 8210. The summed E-state index contributed by atoms with van der Waals surface area (Å²) < 4.78 is 75.1. The number of fused-ring (bicyclic) bond motifs is 12. The quantitative estimate of drug-likeness (QED) is 0.00324. The molecule has 2 amide bonds. The highest BCUT2D eigenvalue weighted by atomic mass is 32.1. The van der Waals surface area contributed by atoms with Gasteiger partial charge in [0.1, 0.15) is 68.4 Å². The van der Waals surface area contributed by atoms with E-state index >= 15 is 0 Å². The highest BCUT2D eigenvalue weighted by Crippen LogP contribution is 2.48. The number of carbonyl (C=O) groups is 4. The number of anilines is 4. The number of aromatic nitrogens is 12. The maximum atomic E-state index is 12.3. The maximum absolute atomic E-state index is 12.3. The zero-order valence-electron chi connectivity index (χ0n) is 82.7. The van der Waals surface area contributed by atoms with Crippen molar-refractivity contribution in [3.05, 3.63) is 260 Å². The van der Waals surface area contributed by atoms with Crippen molar-refractivity contribution in [1.82, 2.24) is 63.0 Å². The number of imidazole rings is 4. The van der Waals surface area contributed by atoms with E-state index in [4.69, 9.17) is 67.4 Å². The van der Waals surface area contributed by atoms with Crippen LogP contribution in [0.25, 0.3) is 87.7 Å². The van der Waals surface area contributed by atoms with E-state index in [1.54, 1.807) is 45.9 Å². The Balaban J connectivity index is 0.000000156. The van der Waals surface area contributed by atoms with Crippen LogP contribution >= 0.6 is 43.5 Å². The summed E-state index contributed by atoms with van der Waals surface area (Å²) in [6.07, 6.45) is 20.2.